The van der Waals surface area contributed by atoms with Gasteiger partial charge in [0.05, 0.1) is 39.9 Å². The standard InChI is InChI=1S/C28H32ClN3O4S/c1-16(2)20(15-33)32-24(26(35)31-19-11-7-6-10-18(19)29)28-13-12-21(37-28)22(23(28)27(32)36)25(34)30-14-17-8-4-3-5-9-17/h3-11,16,20-24,33H,12-15H2,1-2H3,(H,30,34)(H,31,35)/t20-,21-,22+,23-,24?,28?/m0/s1. The smallest absolute Gasteiger partial charge is 0.248 e. The van der Waals surface area contributed by atoms with Gasteiger partial charge < -0.3 is 20.6 Å². The van der Waals surface area contributed by atoms with Crippen LogP contribution in [0.4, 0.5) is 5.69 Å². The topological polar surface area (TPSA) is 98.7 Å². The number of anilines is 1. The fourth-order valence-electron chi connectivity index (χ4n) is 6.33. The Balaban J connectivity index is 1.48. The SMILES string of the molecule is CC(C)[C@H](CO)N1C(=O)[C@@H]2[C@H](C(=O)NCc3ccccc3)[C@@H]3CCC2(S3)C1C(=O)Nc1ccccc1Cl. The van der Waals surface area contributed by atoms with Gasteiger partial charge in [-0.25, -0.2) is 0 Å². The van der Waals surface area contributed by atoms with Gasteiger partial charge in [0.2, 0.25) is 17.7 Å². The zero-order valence-electron chi connectivity index (χ0n) is 20.9. The quantitative estimate of drug-likeness (QED) is 0.473. The number of aliphatic hydroxyl groups is 1. The number of hydrogen-bond acceptors (Lipinski definition) is 5. The van der Waals surface area contributed by atoms with Crippen LogP contribution in [-0.2, 0) is 20.9 Å². The van der Waals surface area contributed by atoms with Crippen molar-refractivity contribution < 1.29 is 19.5 Å². The number of nitrogens with one attached hydrogen (secondary N) is 2. The molecule has 0 aromatic heterocycles. The van der Waals surface area contributed by atoms with E-state index in [1.54, 1.807) is 40.9 Å². The molecule has 6 atom stereocenters. The molecule has 3 N–H and O–H groups in total. The lowest BCUT2D eigenvalue weighted by molar-refractivity contribution is -0.143. The number of thioether (sulfide) groups is 1. The summed E-state index contributed by atoms with van der Waals surface area (Å²) in [6.07, 6.45) is 1.42. The van der Waals surface area contributed by atoms with Crippen molar-refractivity contribution in [3.05, 3.63) is 65.2 Å². The molecule has 3 heterocycles. The molecule has 37 heavy (non-hydrogen) atoms. The summed E-state index contributed by atoms with van der Waals surface area (Å²) in [4.78, 5) is 43.1. The van der Waals surface area contributed by atoms with E-state index < -0.39 is 28.7 Å². The first-order chi connectivity index (χ1) is 17.8. The van der Waals surface area contributed by atoms with Crippen LogP contribution in [0.5, 0.6) is 0 Å². The van der Waals surface area contributed by atoms with E-state index >= 15 is 0 Å². The van der Waals surface area contributed by atoms with Crippen molar-refractivity contribution in [2.24, 2.45) is 17.8 Å². The third kappa shape index (κ3) is 4.43. The number of carbonyl (C=O) groups excluding carboxylic acids is 3. The molecule has 5 rings (SSSR count). The molecular weight excluding hydrogens is 510 g/mol. The van der Waals surface area contributed by atoms with Gasteiger partial charge in [0.15, 0.2) is 0 Å². The zero-order chi connectivity index (χ0) is 26.3. The molecule has 2 aromatic carbocycles. The van der Waals surface area contributed by atoms with Crippen LogP contribution in [0, 0.1) is 17.8 Å². The number of carbonyl (C=O) groups is 3. The van der Waals surface area contributed by atoms with Crippen LogP contribution in [0.3, 0.4) is 0 Å². The van der Waals surface area contributed by atoms with E-state index in [0.29, 0.717) is 23.7 Å². The van der Waals surface area contributed by atoms with Crippen molar-refractivity contribution in [3.63, 3.8) is 0 Å². The van der Waals surface area contributed by atoms with E-state index in [0.717, 1.165) is 12.0 Å². The van der Waals surface area contributed by atoms with Crippen molar-refractivity contribution in [1.29, 1.82) is 0 Å². The predicted molar refractivity (Wildman–Crippen MR) is 145 cm³/mol. The van der Waals surface area contributed by atoms with Crippen LogP contribution >= 0.6 is 23.4 Å². The maximum atomic E-state index is 14.1. The largest absolute Gasteiger partial charge is 0.394 e. The minimum atomic E-state index is -0.817. The predicted octanol–water partition coefficient (Wildman–Crippen LogP) is 3.70. The van der Waals surface area contributed by atoms with Crippen LogP contribution in [-0.4, -0.2) is 56.4 Å². The number of likely N-dealkylation sites (tertiary alicyclic amines) is 1. The second-order valence-corrected chi connectivity index (χ2v) is 12.5. The van der Waals surface area contributed by atoms with Crippen LogP contribution < -0.4 is 10.6 Å². The molecule has 3 amide bonds. The van der Waals surface area contributed by atoms with E-state index in [4.69, 9.17) is 11.6 Å². The van der Waals surface area contributed by atoms with Gasteiger partial charge in [-0.15, -0.1) is 11.8 Å². The first kappa shape index (κ1) is 26.1. The van der Waals surface area contributed by atoms with Gasteiger partial charge >= 0.3 is 0 Å². The number of benzene rings is 2. The Morgan fingerprint density at radius 2 is 1.84 bits per heavy atom. The van der Waals surface area contributed by atoms with Crippen LogP contribution in [0.2, 0.25) is 5.02 Å². The molecule has 3 aliphatic rings. The van der Waals surface area contributed by atoms with Crippen LogP contribution in [0.15, 0.2) is 54.6 Å². The van der Waals surface area contributed by atoms with Gasteiger partial charge in [-0.05, 0) is 36.5 Å². The number of aliphatic hydroxyl groups excluding tert-OH is 1. The number of rotatable bonds is 8. The number of hydrogen-bond donors (Lipinski definition) is 3. The lowest BCUT2D eigenvalue weighted by atomic mass is 9.70. The minimum absolute atomic E-state index is 0.0332. The molecule has 196 valence electrons. The summed E-state index contributed by atoms with van der Waals surface area (Å²) in [5.41, 5.74) is 1.46. The average Bonchev–Trinajstić information content (AvgIpc) is 3.52. The van der Waals surface area contributed by atoms with Crippen LogP contribution in [0.1, 0.15) is 32.3 Å². The number of amides is 3. The summed E-state index contributed by atoms with van der Waals surface area (Å²) in [5.74, 6) is -1.93. The second kappa shape index (κ2) is 10.3. The Morgan fingerprint density at radius 3 is 2.51 bits per heavy atom. The maximum absolute atomic E-state index is 14.1. The highest BCUT2D eigenvalue weighted by Gasteiger charge is 2.74. The number of halogens is 1. The highest BCUT2D eigenvalue weighted by Crippen LogP contribution is 2.66. The lowest BCUT2D eigenvalue weighted by Crippen LogP contribution is -2.56. The Labute approximate surface area is 226 Å². The maximum Gasteiger partial charge on any atom is 0.248 e. The zero-order valence-corrected chi connectivity index (χ0v) is 22.5. The molecule has 3 fully saturated rings. The molecular formula is C28H32ClN3O4S. The number of nitrogens with zero attached hydrogens (tertiary/aromatic N) is 1. The van der Waals surface area contributed by atoms with Crippen molar-refractivity contribution in [1.82, 2.24) is 10.2 Å². The van der Waals surface area contributed by atoms with Crippen molar-refractivity contribution in [3.8, 4) is 0 Å². The molecule has 0 saturated carbocycles. The van der Waals surface area contributed by atoms with Gasteiger partial charge in [-0.1, -0.05) is 67.9 Å². The monoisotopic (exact) mass is 541 g/mol. The van der Waals surface area contributed by atoms with Crippen molar-refractivity contribution in [2.75, 3.05) is 11.9 Å². The molecule has 9 heteroatoms. The number of fused-ring (bicyclic) bond motifs is 1. The van der Waals surface area contributed by atoms with E-state index in [1.807, 2.05) is 44.2 Å². The molecule has 7 nitrogen and oxygen atoms in total. The second-order valence-electron chi connectivity index (χ2n) is 10.5. The number of para-hydroxylation sites is 1. The molecule has 0 aliphatic carbocycles. The third-order valence-corrected chi connectivity index (χ3v) is 10.3. The van der Waals surface area contributed by atoms with Gasteiger partial charge in [-0.2, -0.15) is 0 Å². The summed E-state index contributed by atoms with van der Waals surface area (Å²) in [7, 11) is 0. The molecule has 3 saturated heterocycles. The lowest BCUT2D eigenvalue weighted by Gasteiger charge is -2.38. The normalized spacial score (nSPS) is 28.9. The summed E-state index contributed by atoms with van der Waals surface area (Å²) in [6, 6.07) is 15.3. The molecule has 2 bridgehead atoms. The first-order valence-electron chi connectivity index (χ1n) is 12.8. The minimum Gasteiger partial charge on any atom is -0.394 e. The van der Waals surface area contributed by atoms with E-state index in [-0.39, 0.29) is 35.5 Å². The molecule has 0 radical (unpaired) electrons. The average molecular weight is 542 g/mol. The highest BCUT2D eigenvalue weighted by atomic mass is 35.5. The fourth-order valence-corrected chi connectivity index (χ4v) is 8.72. The Bertz CT molecular complexity index is 1190. The Kier molecular flexibility index (Phi) is 7.27. The molecule has 2 aromatic rings. The van der Waals surface area contributed by atoms with E-state index in [2.05, 4.69) is 10.6 Å². The Morgan fingerprint density at radius 1 is 1.14 bits per heavy atom. The fraction of sp³-hybridized carbons (Fsp3) is 0.464. The summed E-state index contributed by atoms with van der Waals surface area (Å²) in [6.45, 7) is 3.98. The summed E-state index contributed by atoms with van der Waals surface area (Å²) in [5, 5.41) is 16.6. The summed E-state index contributed by atoms with van der Waals surface area (Å²) < 4.78 is -0.732. The van der Waals surface area contributed by atoms with Gasteiger partial charge in [0, 0.05) is 11.8 Å². The van der Waals surface area contributed by atoms with Crippen LogP contribution in [0.25, 0.3) is 0 Å². The van der Waals surface area contributed by atoms with Crippen molar-refractivity contribution >= 4 is 46.8 Å². The van der Waals surface area contributed by atoms with Gasteiger partial charge in [-0.3, -0.25) is 14.4 Å². The molecule has 1 spiro atoms. The van der Waals surface area contributed by atoms with E-state index in [9.17, 15) is 19.5 Å². The molecule has 2 unspecified atom stereocenters. The van der Waals surface area contributed by atoms with Crippen molar-refractivity contribution in [2.45, 2.75) is 55.3 Å². The third-order valence-electron chi connectivity index (χ3n) is 8.04. The van der Waals surface area contributed by atoms with E-state index in [1.165, 1.54) is 0 Å². The highest BCUT2D eigenvalue weighted by molar-refractivity contribution is 8.02. The summed E-state index contributed by atoms with van der Waals surface area (Å²) >= 11 is 7.93. The Hall–Kier alpha value is -2.55. The van der Waals surface area contributed by atoms with Gasteiger partial charge in [0.25, 0.3) is 0 Å². The first-order valence-corrected chi connectivity index (χ1v) is 14.0. The van der Waals surface area contributed by atoms with Gasteiger partial charge in [0.1, 0.15) is 6.04 Å². The molecule has 3 aliphatic heterocycles.